The van der Waals surface area contributed by atoms with Crippen molar-refractivity contribution in [3.8, 4) is 0 Å². The average Bonchev–Trinajstić information content (AvgIpc) is 3.67. The molecule has 0 aromatic heterocycles. The maximum absolute atomic E-state index is 2.54. The molecule has 0 saturated heterocycles. The molecule has 0 aliphatic heterocycles. The van der Waals surface area contributed by atoms with Gasteiger partial charge in [-0.05, 0) is 196 Å². The third-order valence-corrected chi connectivity index (χ3v) is 18.3. The van der Waals surface area contributed by atoms with E-state index in [0.29, 0.717) is 0 Å². The molecule has 0 heterocycles. The van der Waals surface area contributed by atoms with Gasteiger partial charge in [-0.2, -0.15) is 0 Å². The second kappa shape index (κ2) is 13.3. The fourth-order valence-corrected chi connectivity index (χ4v) is 16.3. The van der Waals surface area contributed by atoms with Crippen LogP contribution in [-0.4, -0.2) is 0 Å². The molecular formula is C49H50P2. The van der Waals surface area contributed by atoms with Crippen molar-refractivity contribution < 1.29 is 0 Å². The van der Waals surface area contributed by atoms with E-state index in [-0.39, 0.29) is 5.41 Å². The molecule has 0 saturated carbocycles. The Kier molecular flexibility index (Phi) is 8.94. The third kappa shape index (κ3) is 5.49. The van der Waals surface area contributed by atoms with E-state index in [2.05, 4.69) is 165 Å². The Hall–Kier alpha value is -3.82. The lowest BCUT2D eigenvalue weighted by Crippen LogP contribution is -2.37. The lowest BCUT2D eigenvalue weighted by molar-refractivity contribution is 0.512. The number of fused-ring (bicyclic) bond motifs is 4. The number of hydrogen-bond acceptors (Lipinski definition) is 0. The minimum absolute atomic E-state index is 0.000616. The molecule has 8 rings (SSSR count). The summed E-state index contributed by atoms with van der Waals surface area (Å²) in [6.45, 7) is 18.7. The molecule has 2 aliphatic carbocycles. The van der Waals surface area contributed by atoms with Gasteiger partial charge in [-0.15, -0.1) is 0 Å². The Bertz CT molecular complexity index is 1980. The van der Waals surface area contributed by atoms with Crippen molar-refractivity contribution in [3.63, 3.8) is 0 Å². The zero-order valence-electron chi connectivity index (χ0n) is 31.6. The standard InChI is InChI=1S/C49H50P2/c1-31-15-9-16-32(2)45(31)50(46-33(3)17-10-18-34(46)4)41-25-13-23-39-27-29-49(43(39)41)30-28-40-24-14-26-42(44(40)49)51(47-35(5)19-11-20-36(47)6)48-37(7)21-12-22-38(48)8/h9-26H,27-30H2,1-8H3. The Balaban J connectivity index is 1.45. The van der Waals surface area contributed by atoms with Crippen LogP contribution in [0.2, 0.25) is 0 Å². The zero-order chi connectivity index (χ0) is 35.6. The van der Waals surface area contributed by atoms with Crippen LogP contribution in [0.1, 0.15) is 79.6 Å². The van der Waals surface area contributed by atoms with Gasteiger partial charge in [0.05, 0.1) is 0 Å². The van der Waals surface area contributed by atoms with Crippen molar-refractivity contribution >= 4 is 47.7 Å². The van der Waals surface area contributed by atoms with E-state index in [9.17, 15) is 0 Å². The van der Waals surface area contributed by atoms with Crippen LogP contribution in [0.3, 0.4) is 0 Å². The molecule has 2 heteroatoms. The largest absolute Gasteiger partial charge is 0.0617 e. The fraction of sp³-hybridized carbons (Fsp3) is 0.265. The Morgan fingerprint density at radius 3 is 0.882 bits per heavy atom. The van der Waals surface area contributed by atoms with E-state index in [1.54, 1.807) is 54.1 Å². The minimum atomic E-state index is -0.791. The van der Waals surface area contributed by atoms with Crippen LogP contribution in [0.5, 0.6) is 0 Å². The van der Waals surface area contributed by atoms with Gasteiger partial charge in [-0.3, -0.25) is 0 Å². The van der Waals surface area contributed by atoms with Crippen molar-refractivity contribution in [3.05, 3.63) is 176 Å². The van der Waals surface area contributed by atoms with Gasteiger partial charge >= 0.3 is 0 Å². The molecule has 0 radical (unpaired) electrons. The van der Waals surface area contributed by atoms with Gasteiger partial charge in [0.2, 0.25) is 0 Å². The van der Waals surface area contributed by atoms with Crippen molar-refractivity contribution in [2.45, 2.75) is 86.5 Å². The molecule has 6 aromatic rings. The number of aryl methyl sites for hydroxylation is 10. The zero-order valence-corrected chi connectivity index (χ0v) is 33.4. The molecule has 1 spiro atoms. The summed E-state index contributed by atoms with van der Waals surface area (Å²) >= 11 is 0. The van der Waals surface area contributed by atoms with Gasteiger partial charge in [0.15, 0.2) is 0 Å². The van der Waals surface area contributed by atoms with Crippen LogP contribution in [0.4, 0.5) is 0 Å². The summed E-state index contributed by atoms with van der Waals surface area (Å²) in [5, 5.41) is 9.34. The van der Waals surface area contributed by atoms with Crippen molar-refractivity contribution in [1.29, 1.82) is 0 Å². The highest BCUT2D eigenvalue weighted by Crippen LogP contribution is 2.56. The maximum Gasteiger partial charge on any atom is 0.0227 e. The Labute approximate surface area is 308 Å². The van der Waals surface area contributed by atoms with Crippen LogP contribution in [0, 0.1) is 55.4 Å². The lowest BCUT2D eigenvalue weighted by atomic mass is 9.76. The van der Waals surface area contributed by atoms with Crippen LogP contribution >= 0.6 is 15.8 Å². The molecule has 6 aromatic carbocycles. The Morgan fingerprint density at radius 2 is 0.608 bits per heavy atom. The second-order valence-electron chi connectivity index (χ2n) is 15.3. The van der Waals surface area contributed by atoms with E-state index >= 15 is 0 Å². The lowest BCUT2D eigenvalue weighted by Gasteiger charge is -2.37. The van der Waals surface area contributed by atoms with Crippen molar-refractivity contribution in [2.24, 2.45) is 0 Å². The van der Waals surface area contributed by atoms with Gasteiger partial charge in [0.25, 0.3) is 0 Å². The van der Waals surface area contributed by atoms with E-state index < -0.39 is 15.8 Å². The first kappa shape index (κ1) is 34.3. The summed E-state index contributed by atoms with van der Waals surface area (Å²) in [6, 6.07) is 42.5. The predicted molar refractivity (Wildman–Crippen MR) is 226 cm³/mol. The molecule has 51 heavy (non-hydrogen) atoms. The highest BCUT2D eigenvalue weighted by Gasteiger charge is 2.49. The van der Waals surface area contributed by atoms with Crippen molar-refractivity contribution in [1.82, 2.24) is 0 Å². The summed E-state index contributed by atoms with van der Waals surface area (Å²) in [5.74, 6) is 0. The first-order chi connectivity index (χ1) is 24.6. The molecule has 0 fully saturated rings. The van der Waals surface area contributed by atoms with Gasteiger partial charge in [0.1, 0.15) is 0 Å². The Morgan fingerprint density at radius 1 is 0.353 bits per heavy atom. The van der Waals surface area contributed by atoms with E-state index in [0.717, 1.165) is 12.8 Å². The van der Waals surface area contributed by atoms with E-state index in [1.807, 2.05) is 0 Å². The highest BCUT2D eigenvalue weighted by molar-refractivity contribution is 7.80. The fourth-order valence-electron chi connectivity index (χ4n) is 9.85. The molecule has 0 bridgehead atoms. The first-order valence-electron chi connectivity index (χ1n) is 18.7. The van der Waals surface area contributed by atoms with Crippen LogP contribution in [0.25, 0.3) is 0 Å². The van der Waals surface area contributed by atoms with Crippen molar-refractivity contribution in [2.75, 3.05) is 0 Å². The van der Waals surface area contributed by atoms with Gasteiger partial charge in [0, 0.05) is 5.41 Å². The molecule has 2 aliphatic rings. The number of hydrogen-bond donors (Lipinski definition) is 0. The van der Waals surface area contributed by atoms with Gasteiger partial charge in [-0.25, -0.2) is 0 Å². The summed E-state index contributed by atoms with van der Waals surface area (Å²) < 4.78 is 0. The quantitative estimate of drug-likeness (QED) is 0.152. The van der Waals surface area contributed by atoms with Crippen LogP contribution < -0.4 is 31.8 Å². The number of benzene rings is 6. The monoisotopic (exact) mass is 700 g/mol. The van der Waals surface area contributed by atoms with Crippen LogP contribution in [-0.2, 0) is 18.3 Å². The molecule has 256 valence electrons. The average molecular weight is 701 g/mol. The summed E-state index contributed by atoms with van der Waals surface area (Å²) in [4.78, 5) is 0. The predicted octanol–water partition coefficient (Wildman–Crippen LogP) is 9.85. The third-order valence-electron chi connectivity index (χ3n) is 12.0. The van der Waals surface area contributed by atoms with E-state index in [1.165, 1.54) is 57.3 Å². The first-order valence-corrected chi connectivity index (χ1v) is 21.4. The highest BCUT2D eigenvalue weighted by atomic mass is 31.1. The number of rotatable bonds is 6. The van der Waals surface area contributed by atoms with Crippen LogP contribution in [0.15, 0.2) is 109 Å². The minimum Gasteiger partial charge on any atom is -0.0617 e. The molecular weight excluding hydrogens is 650 g/mol. The smallest absolute Gasteiger partial charge is 0.0227 e. The summed E-state index contributed by atoms with van der Waals surface area (Å²) in [6.07, 6.45) is 4.66. The molecule has 0 unspecified atom stereocenters. The normalized spacial score (nSPS) is 14.5. The second-order valence-corrected chi connectivity index (χ2v) is 19.4. The van der Waals surface area contributed by atoms with Gasteiger partial charge in [-0.1, -0.05) is 109 Å². The topological polar surface area (TPSA) is 0 Å². The molecule has 0 amide bonds. The SMILES string of the molecule is Cc1cccc(C)c1P(c1cccc2c1C1(CC2)CCc2cccc(P(c3c(C)cccc3C)c3c(C)cccc3C)c21)c1c(C)cccc1C. The molecule has 0 atom stereocenters. The van der Waals surface area contributed by atoms with Gasteiger partial charge < -0.3 is 0 Å². The molecule has 0 N–H and O–H groups in total. The maximum atomic E-state index is 2.54. The van der Waals surface area contributed by atoms with E-state index in [4.69, 9.17) is 0 Å². The summed E-state index contributed by atoms with van der Waals surface area (Å²) in [7, 11) is -1.58. The molecule has 0 nitrogen and oxygen atoms in total. The summed E-state index contributed by atoms with van der Waals surface area (Å²) in [5.41, 5.74) is 17.8.